The van der Waals surface area contributed by atoms with Gasteiger partial charge in [0.1, 0.15) is 5.75 Å². The van der Waals surface area contributed by atoms with Gasteiger partial charge in [-0.05, 0) is 37.1 Å². The fourth-order valence-electron chi connectivity index (χ4n) is 2.70. The molecule has 0 aliphatic rings. The molecular weight excluding hydrogens is 300 g/mol. The summed E-state index contributed by atoms with van der Waals surface area (Å²) in [5.41, 5.74) is 1.87. The van der Waals surface area contributed by atoms with Gasteiger partial charge in [-0.1, -0.05) is 30.3 Å². The lowest BCUT2D eigenvalue weighted by Gasteiger charge is -2.11. The van der Waals surface area contributed by atoms with Gasteiger partial charge in [-0.3, -0.25) is 9.78 Å². The number of anilines is 1. The largest absolute Gasteiger partial charge is 0.494 e. The standard InChI is InChI=1S/C20H20N2O2/c1-2-24-19-9-4-3-6-15(19)10-11-20(23)22-18-8-5-7-16-14-21-13-12-17(16)18/h3-9,12-14H,2,10-11H2,1H3,(H,22,23). The molecule has 4 heteroatoms. The molecule has 3 aromatic rings. The summed E-state index contributed by atoms with van der Waals surface area (Å²) in [6, 6.07) is 15.6. The van der Waals surface area contributed by atoms with Gasteiger partial charge in [0.05, 0.1) is 6.61 Å². The van der Waals surface area contributed by atoms with Crippen molar-refractivity contribution in [3.05, 3.63) is 66.5 Å². The highest BCUT2D eigenvalue weighted by Crippen LogP contribution is 2.23. The molecule has 1 amide bonds. The molecule has 1 heterocycles. The van der Waals surface area contributed by atoms with E-state index in [9.17, 15) is 4.79 Å². The first-order valence-corrected chi connectivity index (χ1v) is 8.11. The predicted molar refractivity (Wildman–Crippen MR) is 96.3 cm³/mol. The minimum Gasteiger partial charge on any atom is -0.494 e. The van der Waals surface area contributed by atoms with Crippen molar-refractivity contribution in [1.29, 1.82) is 0 Å². The van der Waals surface area contributed by atoms with Crippen molar-refractivity contribution in [2.45, 2.75) is 19.8 Å². The third-order valence-corrected chi connectivity index (χ3v) is 3.85. The molecule has 4 nitrogen and oxygen atoms in total. The lowest BCUT2D eigenvalue weighted by Crippen LogP contribution is -2.13. The highest BCUT2D eigenvalue weighted by molar-refractivity contribution is 6.01. The van der Waals surface area contributed by atoms with Crippen LogP contribution in [0.1, 0.15) is 18.9 Å². The van der Waals surface area contributed by atoms with Gasteiger partial charge in [0.25, 0.3) is 0 Å². The monoisotopic (exact) mass is 320 g/mol. The Labute approximate surface area is 141 Å². The van der Waals surface area contributed by atoms with Crippen molar-refractivity contribution >= 4 is 22.4 Å². The van der Waals surface area contributed by atoms with Crippen molar-refractivity contribution in [3.8, 4) is 5.75 Å². The zero-order valence-electron chi connectivity index (χ0n) is 13.7. The van der Waals surface area contributed by atoms with E-state index >= 15 is 0 Å². The second-order valence-corrected chi connectivity index (χ2v) is 5.49. The molecule has 3 rings (SSSR count). The normalized spacial score (nSPS) is 10.5. The van der Waals surface area contributed by atoms with E-state index in [0.29, 0.717) is 19.4 Å². The first kappa shape index (κ1) is 16.0. The van der Waals surface area contributed by atoms with Crippen molar-refractivity contribution in [2.24, 2.45) is 0 Å². The molecule has 1 aromatic heterocycles. The molecule has 0 atom stereocenters. The number of pyridine rings is 1. The van der Waals surface area contributed by atoms with Crippen LogP contribution in [0.2, 0.25) is 0 Å². The van der Waals surface area contributed by atoms with E-state index in [0.717, 1.165) is 27.8 Å². The van der Waals surface area contributed by atoms with E-state index in [2.05, 4.69) is 10.3 Å². The maximum Gasteiger partial charge on any atom is 0.224 e. The van der Waals surface area contributed by atoms with Crippen LogP contribution in [0.4, 0.5) is 5.69 Å². The highest BCUT2D eigenvalue weighted by Gasteiger charge is 2.08. The van der Waals surface area contributed by atoms with E-state index in [4.69, 9.17) is 4.74 Å². The second-order valence-electron chi connectivity index (χ2n) is 5.49. The number of aromatic nitrogens is 1. The van der Waals surface area contributed by atoms with Gasteiger partial charge in [-0.25, -0.2) is 0 Å². The number of carbonyl (C=O) groups excluding carboxylic acids is 1. The van der Waals surface area contributed by atoms with Gasteiger partial charge in [0.2, 0.25) is 5.91 Å². The van der Waals surface area contributed by atoms with Crippen LogP contribution in [-0.2, 0) is 11.2 Å². The number of nitrogens with zero attached hydrogens (tertiary/aromatic N) is 1. The molecule has 0 unspecified atom stereocenters. The van der Waals surface area contributed by atoms with Crippen LogP contribution in [0.25, 0.3) is 10.8 Å². The number of nitrogens with one attached hydrogen (secondary N) is 1. The molecule has 0 spiro atoms. The first-order chi connectivity index (χ1) is 11.8. The molecule has 0 aliphatic carbocycles. The average Bonchev–Trinajstić information content (AvgIpc) is 2.62. The molecule has 24 heavy (non-hydrogen) atoms. The zero-order chi connectivity index (χ0) is 16.8. The lowest BCUT2D eigenvalue weighted by molar-refractivity contribution is -0.116. The first-order valence-electron chi connectivity index (χ1n) is 8.11. The number of aryl methyl sites for hydroxylation is 1. The van der Waals surface area contributed by atoms with E-state index in [-0.39, 0.29) is 5.91 Å². The quantitative estimate of drug-likeness (QED) is 0.740. The van der Waals surface area contributed by atoms with E-state index in [1.807, 2.05) is 55.5 Å². The summed E-state index contributed by atoms with van der Waals surface area (Å²) in [6.45, 7) is 2.58. The third kappa shape index (κ3) is 3.71. The van der Waals surface area contributed by atoms with Crippen LogP contribution in [0.3, 0.4) is 0 Å². The SMILES string of the molecule is CCOc1ccccc1CCC(=O)Nc1cccc2cnccc12. The Kier molecular flexibility index (Phi) is 5.06. The van der Waals surface area contributed by atoms with Gasteiger partial charge < -0.3 is 10.1 Å². The molecule has 122 valence electrons. The van der Waals surface area contributed by atoms with Crippen LogP contribution in [0, 0.1) is 0 Å². The van der Waals surface area contributed by atoms with Crippen molar-refractivity contribution in [1.82, 2.24) is 4.98 Å². The van der Waals surface area contributed by atoms with Crippen LogP contribution in [-0.4, -0.2) is 17.5 Å². The topological polar surface area (TPSA) is 51.2 Å². The molecule has 0 radical (unpaired) electrons. The summed E-state index contributed by atoms with van der Waals surface area (Å²) in [6.07, 6.45) is 4.58. The molecular formula is C20H20N2O2. The molecule has 0 fully saturated rings. The summed E-state index contributed by atoms with van der Waals surface area (Å²) >= 11 is 0. The third-order valence-electron chi connectivity index (χ3n) is 3.85. The van der Waals surface area contributed by atoms with E-state index < -0.39 is 0 Å². The number of rotatable bonds is 6. The zero-order valence-corrected chi connectivity index (χ0v) is 13.7. The number of amides is 1. The predicted octanol–water partition coefficient (Wildman–Crippen LogP) is 4.20. The fourth-order valence-corrected chi connectivity index (χ4v) is 2.70. The van der Waals surface area contributed by atoms with E-state index in [1.54, 1.807) is 12.4 Å². The minimum atomic E-state index is -0.00869. The van der Waals surface area contributed by atoms with Gasteiger partial charge in [0, 0.05) is 35.3 Å². The highest BCUT2D eigenvalue weighted by atomic mass is 16.5. The maximum absolute atomic E-state index is 12.3. The van der Waals surface area contributed by atoms with Crippen LogP contribution in [0.15, 0.2) is 60.9 Å². The van der Waals surface area contributed by atoms with Crippen molar-refractivity contribution < 1.29 is 9.53 Å². The summed E-state index contributed by atoms with van der Waals surface area (Å²) < 4.78 is 5.61. The maximum atomic E-state index is 12.3. The number of hydrogen-bond acceptors (Lipinski definition) is 3. The Bertz CT molecular complexity index is 840. The molecule has 2 aromatic carbocycles. The van der Waals surface area contributed by atoms with Gasteiger partial charge in [-0.2, -0.15) is 0 Å². The van der Waals surface area contributed by atoms with Crippen molar-refractivity contribution in [3.63, 3.8) is 0 Å². The lowest BCUT2D eigenvalue weighted by atomic mass is 10.1. The number of hydrogen-bond donors (Lipinski definition) is 1. The molecule has 0 saturated carbocycles. The summed E-state index contributed by atoms with van der Waals surface area (Å²) in [5, 5.41) is 5.01. The minimum absolute atomic E-state index is 0.00869. The Hall–Kier alpha value is -2.88. The number of para-hydroxylation sites is 1. The van der Waals surface area contributed by atoms with Gasteiger partial charge in [-0.15, -0.1) is 0 Å². The molecule has 1 N–H and O–H groups in total. The van der Waals surface area contributed by atoms with Crippen LogP contribution in [0.5, 0.6) is 5.75 Å². The summed E-state index contributed by atoms with van der Waals surface area (Å²) in [4.78, 5) is 16.4. The van der Waals surface area contributed by atoms with Crippen LogP contribution < -0.4 is 10.1 Å². The number of benzene rings is 2. The van der Waals surface area contributed by atoms with Crippen LogP contribution >= 0.6 is 0 Å². The van der Waals surface area contributed by atoms with Gasteiger partial charge in [0.15, 0.2) is 0 Å². The summed E-state index contributed by atoms with van der Waals surface area (Å²) in [7, 11) is 0. The molecule has 0 saturated heterocycles. The molecule has 0 bridgehead atoms. The average molecular weight is 320 g/mol. The van der Waals surface area contributed by atoms with E-state index in [1.165, 1.54) is 0 Å². The smallest absolute Gasteiger partial charge is 0.224 e. The Morgan fingerprint density at radius 3 is 2.88 bits per heavy atom. The Morgan fingerprint density at radius 1 is 1.12 bits per heavy atom. The fraction of sp³-hybridized carbons (Fsp3) is 0.200. The second kappa shape index (κ2) is 7.59. The number of fused-ring (bicyclic) bond motifs is 1. The number of carbonyl (C=O) groups is 1. The Balaban J connectivity index is 1.68. The van der Waals surface area contributed by atoms with Gasteiger partial charge >= 0.3 is 0 Å². The molecule has 0 aliphatic heterocycles. The van der Waals surface area contributed by atoms with Crippen molar-refractivity contribution in [2.75, 3.05) is 11.9 Å². The number of ether oxygens (including phenoxy) is 1. The summed E-state index contributed by atoms with van der Waals surface area (Å²) in [5.74, 6) is 0.842. The Morgan fingerprint density at radius 2 is 2.00 bits per heavy atom.